The number of hydrogen-bond acceptors (Lipinski definition) is 4. The maximum absolute atomic E-state index is 11.7. The number of nitrogens with one attached hydrogen (secondary N) is 1. The SMILES string of the molecule is CC(C)COC(=O)C(C)NC(=O)Cc1cccs1. The molecule has 1 aromatic rings. The molecular formula is C13H19NO3S. The largest absolute Gasteiger partial charge is 0.464 e. The van der Waals surface area contributed by atoms with Gasteiger partial charge in [-0.05, 0) is 24.3 Å². The lowest BCUT2D eigenvalue weighted by Gasteiger charge is -2.14. The molecule has 0 fully saturated rings. The monoisotopic (exact) mass is 269 g/mol. The van der Waals surface area contributed by atoms with Gasteiger partial charge < -0.3 is 10.1 Å². The molecule has 0 saturated heterocycles. The van der Waals surface area contributed by atoms with Crippen LogP contribution in [0.1, 0.15) is 25.6 Å². The van der Waals surface area contributed by atoms with Crippen molar-refractivity contribution >= 4 is 23.2 Å². The number of amides is 1. The van der Waals surface area contributed by atoms with E-state index in [1.54, 1.807) is 6.92 Å². The van der Waals surface area contributed by atoms with Crippen LogP contribution in [-0.2, 0) is 20.7 Å². The van der Waals surface area contributed by atoms with Gasteiger partial charge in [-0.1, -0.05) is 19.9 Å². The van der Waals surface area contributed by atoms with E-state index in [0.29, 0.717) is 18.9 Å². The van der Waals surface area contributed by atoms with Crippen LogP contribution in [0.5, 0.6) is 0 Å². The average Bonchev–Trinajstić information content (AvgIpc) is 2.78. The molecule has 4 nitrogen and oxygen atoms in total. The number of rotatable bonds is 6. The average molecular weight is 269 g/mol. The summed E-state index contributed by atoms with van der Waals surface area (Å²) in [5, 5.41) is 4.55. The number of esters is 1. The zero-order valence-corrected chi connectivity index (χ0v) is 11.8. The van der Waals surface area contributed by atoms with Crippen molar-refractivity contribution in [3.63, 3.8) is 0 Å². The highest BCUT2D eigenvalue weighted by atomic mass is 32.1. The van der Waals surface area contributed by atoms with Crippen LogP contribution in [-0.4, -0.2) is 24.5 Å². The van der Waals surface area contributed by atoms with Crippen LogP contribution in [0.3, 0.4) is 0 Å². The molecule has 1 heterocycles. The van der Waals surface area contributed by atoms with E-state index in [-0.39, 0.29) is 11.9 Å². The van der Waals surface area contributed by atoms with Crippen molar-refractivity contribution in [2.45, 2.75) is 33.2 Å². The van der Waals surface area contributed by atoms with Gasteiger partial charge in [0, 0.05) is 4.88 Å². The van der Waals surface area contributed by atoms with Gasteiger partial charge in [0.2, 0.25) is 5.91 Å². The molecule has 1 unspecified atom stereocenters. The van der Waals surface area contributed by atoms with Crippen molar-refractivity contribution < 1.29 is 14.3 Å². The van der Waals surface area contributed by atoms with Crippen LogP contribution in [0, 0.1) is 5.92 Å². The first-order valence-corrected chi connectivity index (χ1v) is 6.85. The summed E-state index contributed by atoms with van der Waals surface area (Å²) in [6, 6.07) is 3.19. The molecule has 0 aliphatic heterocycles. The number of thiophene rings is 1. The van der Waals surface area contributed by atoms with Gasteiger partial charge in [0.25, 0.3) is 0 Å². The van der Waals surface area contributed by atoms with Gasteiger partial charge in [-0.3, -0.25) is 4.79 Å². The van der Waals surface area contributed by atoms with E-state index in [0.717, 1.165) is 4.88 Å². The molecule has 0 aliphatic carbocycles. The first-order valence-electron chi connectivity index (χ1n) is 5.97. The Morgan fingerprint density at radius 2 is 2.11 bits per heavy atom. The molecule has 18 heavy (non-hydrogen) atoms. The Morgan fingerprint density at radius 3 is 2.67 bits per heavy atom. The lowest BCUT2D eigenvalue weighted by Crippen LogP contribution is -2.40. The van der Waals surface area contributed by atoms with Gasteiger partial charge in [0.1, 0.15) is 6.04 Å². The van der Waals surface area contributed by atoms with E-state index in [1.165, 1.54) is 11.3 Å². The minimum absolute atomic E-state index is 0.161. The standard InChI is InChI=1S/C13H19NO3S/c1-9(2)8-17-13(16)10(3)14-12(15)7-11-5-4-6-18-11/h4-6,9-10H,7-8H2,1-3H3,(H,14,15). The number of carbonyl (C=O) groups excluding carboxylic acids is 2. The highest BCUT2D eigenvalue weighted by Crippen LogP contribution is 2.09. The van der Waals surface area contributed by atoms with E-state index >= 15 is 0 Å². The minimum Gasteiger partial charge on any atom is -0.464 e. The Hall–Kier alpha value is -1.36. The molecule has 0 bridgehead atoms. The molecular weight excluding hydrogens is 250 g/mol. The van der Waals surface area contributed by atoms with Crippen molar-refractivity contribution in [3.8, 4) is 0 Å². The van der Waals surface area contributed by atoms with E-state index in [4.69, 9.17) is 4.74 Å². The fourth-order valence-corrected chi connectivity index (χ4v) is 2.00. The number of hydrogen-bond donors (Lipinski definition) is 1. The third-order valence-electron chi connectivity index (χ3n) is 2.20. The van der Waals surface area contributed by atoms with Gasteiger partial charge in [-0.15, -0.1) is 11.3 Å². The molecule has 0 aliphatic rings. The molecule has 0 radical (unpaired) electrons. The molecule has 100 valence electrons. The third kappa shape index (κ3) is 5.31. The predicted octanol–water partition coefficient (Wildman–Crippen LogP) is 1.99. The van der Waals surface area contributed by atoms with Crippen LogP contribution in [0.2, 0.25) is 0 Å². The normalized spacial score (nSPS) is 12.2. The highest BCUT2D eigenvalue weighted by molar-refractivity contribution is 7.10. The van der Waals surface area contributed by atoms with Crippen LogP contribution in [0.25, 0.3) is 0 Å². The highest BCUT2D eigenvalue weighted by Gasteiger charge is 2.17. The van der Waals surface area contributed by atoms with Crippen LogP contribution < -0.4 is 5.32 Å². The first kappa shape index (κ1) is 14.7. The Labute approximate surface area is 111 Å². The summed E-state index contributed by atoms with van der Waals surface area (Å²) >= 11 is 1.52. The second kappa shape index (κ2) is 7.16. The Bertz CT molecular complexity index is 387. The van der Waals surface area contributed by atoms with Crippen LogP contribution in [0.4, 0.5) is 0 Å². The summed E-state index contributed by atoms with van der Waals surface area (Å²) < 4.78 is 5.05. The van der Waals surface area contributed by atoms with Crippen molar-refractivity contribution in [3.05, 3.63) is 22.4 Å². The second-order valence-corrected chi connectivity index (χ2v) is 5.60. The van der Waals surface area contributed by atoms with Gasteiger partial charge in [0.05, 0.1) is 13.0 Å². The maximum atomic E-state index is 11.7. The minimum atomic E-state index is -0.601. The van der Waals surface area contributed by atoms with Crippen LogP contribution in [0.15, 0.2) is 17.5 Å². The van der Waals surface area contributed by atoms with E-state index < -0.39 is 6.04 Å². The summed E-state index contributed by atoms with van der Waals surface area (Å²) in [5.74, 6) is -0.252. The van der Waals surface area contributed by atoms with E-state index in [9.17, 15) is 9.59 Å². The predicted molar refractivity (Wildman–Crippen MR) is 71.4 cm³/mol. The lowest BCUT2D eigenvalue weighted by molar-refractivity contribution is -0.148. The summed E-state index contributed by atoms with van der Waals surface area (Å²) in [5.41, 5.74) is 0. The fourth-order valence-electron chi connectivity index (χ4n) is 1.30. The molecule has 1 atom stereocenters. The molecule has 0 aromatic carbocycles. The molecule has 1 aromatic heterocycles. The molecule has 1 rings (SSSR count). The Morgan fingerprint density at radius 1 is 1.39 bits per heavy atom. The Kier molecular flexibility index (Phi) is 5.85. The maximum Gasteiger partial charge on any atom is 0.328 e. The zero-order valence-electron chi connectivity index (χ0n) is 10.9. The fraction of sp³-hybridized carbons (Fsp3) is 0.538. The molecule has 1 N–H and O–H groups in total. The topological polar surface area (TPSA) is 55.4 Å². The summed E-state index contributed by atoms with van der Waals surface area (Å²) in [4.78, 5) is 24.2. The quantitative estimate of drug-likeness (QED) is 0.804. The number of ether oxygens (including phenoxy) is 1. The Balaban J connectivity index is 2.32. The van der Waals surface area contributed by atoms with E-state index in [1.807, 2.05) is 31.4 Å². The first-order chi connectivity index (χ1) is 8.49. The molecule has 0 saturated carbocycles. The van der Waals surface area contributed by atoms with Crippen molar-refractivity contribution in [2.75, 3.05) is 6.61 Å². The van der Waals surface area contributed by atoms with Gasteiger partial charge in [0.15, 0.2) is 0 Å². The summed E-state index contributed by atoms with van der Waals surface area (Å²) in [6.45, 7) is 5.94. The van der Waals surface area contributed by atoms with E-state index in [2.05, 4.69) is 5.32 Å². The van der Waals surface area contributed by atoms with Crippen LogP contribution >= 0.6 is 11.3 Å². The zero-order chi connectivity index (χ0) is 13.5. The summed E-state index contributed by atoms with van der Waals surface area (Å²) in [7, 11) is 0. The molecule has 5 heteroatoms. The second-order valence-electron chi connectivity index (χ2n) is 4.57. The molecule has 0 spiro atoms. The van der Waals surface area contributed by atoms with Crippen molar-refractivity contribution in [1.82, 2.24) is 5.32 Å². The molecule has 1 amide bonds. The van der Waals surface area contributed by atoms with Crippen molar-refractivity contribution in [2.24, 2.45) is 5.92 Å². The summed E-state index contributed by atoms with van der Waals surface area (Å²) in [6.07, 6.45) is 0.305. The van der Waals surface area contributed by atoms with Gasteiger partial charge in [-0.2, -0.15) is 0 Å². The smallest absolute Gasteiger partial charge is 0.328 e. The van der Waals surface area contributed by atoms with Gasteiger partial charge in [-0.25, -0.2) is 4.79 Å². The van der Waals surface area contributed by atoms with Gasteiger partial charge >= 0.3 is 5.97 Å². The number of carbonyl (C=O) groups is 2. The van der Waals surface area contributed by atoms with Crippen molar-refractivity contribution in [1.29, 1.82) is 0 Å². The lowest BCUT2D eigenvalue weighted by atomic mass is 10.2. The third-order valence-corrected chi connectivity index (χ3v) is 3.08.